The number of hydrogen-bond donors (Lipinski definition) is 3. The molecule has 4 atom stereocenters. The van der Waals surface area contributed by atoms with E-state index in [9.17, 15) is 18.0 Å². The van der Waals surface area contributed by atoms with Gasteiger partial charge in [-0.1, -0.05) is 36.4 Å². The Labute approximate surface area is 214 Å². The summed E-state index contributed by atoms with van der Waals surface area (Å²) in [6, 6.07) is 13.1. The van der Waals surface area contributed by atoms with Gasteiger partial charge in [0.05, 0.1) is 17.9 Å². The van der Waals surface area contributed by atoms with Crippen LogP contribution in [0.15, 0.2) is 48.5 Å². The molecule has 0 saturated carbocycles. The number of rotatable bonds is 7. The molecule has 3 heterocycles. The molecule has 4 unspecified atom stereocenters. The van der Waals surface area contributed by atoms with Crippen molar-refractivity contribution < 1.29 is 22.4 Å². The Kier molecular flexibility index (Phi) is 7.80. The Morgan fingerprint density at radius 2 is 1.68 bits per heavy atom. The standard InChI is InChI=1S/C27H33F4N5O/c28-24-25(32-15-18-5-7-19(8-6-18)16-35-13-2-4-23(35)37)33-17-34-26(24)36-14-1-3-22(36)20-9-11-21(12-10-20)27(29,30)31/h5-12,22,24-26,32-34H,1-4,13-17H2. The van der Waals surface area contributed by atoms with E-state index in [4.69, 9.17) is 0 Å². The number of benzene rings is 2. The number of nitrogens with zero attached hydrogens (tertiary/aromatic N) is 2. The van der Waals surface area contributed by atoms with E-state index in [2.05, 4.69) is 16.0 Å². The Morgan fingerprint density at radius 3 is 2.35 bits per heavy atom. The summed E-state index contributed by atoms with van der Waals surface area (Å²) in [5, 5.41) is 9.63. The normalized spacial score (nSPS) is 27.2. The highest BCUT2D eigenvalue weighted by molar-refractivity contribution is 5.78. The summed E-state index contributed by atoms with van der Waals surface area (Å²) in [6.07, 6.45) is -3.58. The van der Waals surface area contributed by atoms with Crippen LogP contribution >= 0.6 is 0 Å². The second-order valence-electron chi connectivity index (χ2n) is 10.1. The molecule has 200 valence electrons. The number of nitrogens with one attached hydrogen (secondary N) is 3. The molecule has 10 heteroatoms. The molecule has 5 rings (SSSR count). The third kappa shape index (κ3) is 5.98. The van der Waals surface area contributed by atoms with E-state index in [0.717, 1.165) is 54.6 Å². The summed E-state index contributed by atoms with van der Waals surface area (Å²) < 4.78 is 54.6. The molecule has 0 radical (unpaired) electrons. The fourth-order valence-electron chi connectivity index (χ4n) is 5.62. The molecule has 3 fully saturated rings. The van der Waals surface area contributed by atoms with Crippen LogP contribution in [0.2, 0.25) is 0 Å². The molecule has 6 nitrogen and oxygen atoms in total. The molecule has 37 heavy (non-hydrogen) atoms. The van der Waals surface area contributed by atoms with Crippen LogP contribution in [0.4, 0.5) is 17.6 Å². The van der Waals surface area contributed by atoms with Gasteiger partial charge in [-0.15, -0.1) is 0 Å². The van der Waals surface area contributed by atoms with Crippen LogP contribution in [0.25, 0.3) is 0 Å². The zero-order valence-corrected chi connectivity index (χ0v) is 20.6. The maximum Gasteiger partial charge on any atom is 0.416 e. The lowest BCUT2D eigenvalue weighted by atomic mass is 10.0. The number of carbonyl (C=O) groups excluding carboxylic acids is 1. The Hall–Kier alpha value is -2.53. The number of halogens is 4. The fourth-order valence-corrected chi connectivity index (χ4v) is 5.62. The molecule has 3 aliphatic rings. The minimum atomic E-state index is -4.37. The zero-order valence-electron chi connectivity index (χ0n) is 20.6. The van der Waals surface area contributed by atoms with E-state index >= 15 is 4.39 Å². The first-order valence-electron chi connectivity index (χ1n) is 12.9. The minimum Gasteiger partial charge on any atom is -0.338 e. The van der Waals surface area contributed by atoms with Gasteiger partial charge in [0.2, 0.25) is 5.91 Å². The lowest BCUT2D eigenvalue weighted by Crippen LogP contribution is -2.68. The summed E-state index contributed by atoms with van der Waals surface area (Å²) in [7, 11) is 0. The molecule has 2 aromatic rings. The largest absolute Gasteiger partial charge is 0.416 e. The SMILES string of the molecule is O=C1CCCN1Cc1ccc(CNC2NCNC(N3CCCC3c3ccc(C(F)(F)F)cc3)C2F)cc1. The predicted octanol–water partition coefficient (Wildman–Crippen LogP) is 3.90. The minimum absolute atomic E-state index is 0.133. The first kappa shape index (κ1) is 26.1. The van der Waals surface area contributed by atoms with Gasteiger partial charge in [-0.05, 0) is 48.1 Å². The van der Waals surface area contributed by atoms with Gasteiger partial charge in [-0.2, -0.15) is 13.2 Å². The highest BCUT2D eigenvalue weighted by atomic mass is 19.4. The average Bonchev–Trinajstić information content (AvgIpc) is 3.53. The molecule has 0 spiro atoms. The molecule has 2 aromatic carbocycles. The van der Waals surface area contributed by atoms with Crippen LogP contribution in [-0.2, 0) is 24.1 Å². The van der Waals surface area contributed by atoms with Gasteiger partial charge in [0.1, 0.15) is 0 Å². The summed E-state index contributed by atoms with van der Waals surface area (Å²) in [5.74, 6) is 0.199. The van der Waals surface area contributed by atoms with Crippen LogP contribution in [0, 0.1) is 0 Å². The van der Waals surface area contributed by atoms with Gasteiger partial charge in [0.15, 0.2) is 6.17 Å². The summed E-state index contributed by atoms with van der Waals surface area (Å²) in [5.41, 5.74) is 2.19. The number of likely N-dealkylation sites (tertiary alicyclic amines) is 2. The molecule has 1 amide bonds. The first-order chi connectivity index (χ1) is 17.8. The number of alkyl halides is 4. The van der Waals surface area contributed by atoms with Crippen molar-refractivity contribution in [2.45, 2.75) is 69.5 Å². The van der Waals surface area contributed by atoms with Gasteiger partial charge in [0.25, 0.3) is 0 Å². The molecule has 0 aliphatic carbocycles. The van der Waals surface area contributed by atoms with E-state index < -0.39 is 30.2 Å². The summed E-state index contributed by atoms with van der Waals surface area (Å²) in [6.45, 7) is 3.00. The van der Waals surface area contributed by atoms with Gasteiger partial charge >= 0.3 is 6.18 Å². The second-order valence-corrected chi connectivity index (χ2v) is 10.1. The van der Waals surface area contributed by atoms with Crippen LogP contribution in [0.5, 0.6) is 0 Å². The molecule has 0 bridgehead atoms. The van der Waals surface area contributed by atoms with E-state index in [-0.39, 0.29) is 11.9 Å². The summed E-state index contributed by atoms with van der Waals surface area (Å²) in [4.78, 5) is 15.8. The van der Waals surface area contributed by atoms with E-state index in [1.54, 1.807) is 0 Å². The van der Waals surface area contributed by atoms with Crippen molar-refractivity contribution in [3.05, 3.63) is 70.8 Å². The van der Waals surface area contributed by atoms with Gasteiger partial charge in [-0.3, -0.25) is 25.6 Å². The average molecular weight is 520 g/mol. The van der Waals surface area contributed by atoms with Crippen molar-refractivity contribution in [2.24, 2.45) is 0 Å². The number of amides is 1. The molecule has 3 saturated heterocycles. The molecule has 3 N–H and O–H groups in total. The fraction of sp³-hybridized carbons (Fsp3) is 0.519. The molecule has 3 aliphatic heterocycles. The van der Waals surface area contributed by atoms with E-state index in [1.165, 1.54) is 12.1 Å². The highest BCUT2D eigenvalue weighted by Gasteiger charge is 2.41. The highest BCUT2D eigenvalue weighted by Crippen LogP contribution is 2.37. The van der Waals surface area contributed by atoms with Crippen LogP contribution in [0.1, 0.15) is 54.0 Å². The van der Waals surface area contributed by atoms with Crippen LogP contribution in [-0.4, -0.2) is 54.0 Å². The van der Waals surface area contributed by atoms with Crippen LogP contribution in [0.3, 0.4) is 0 Å². The Balaban J connectivity index is 1.18. The first-order valence-corrected chi connectivity index (χ1v) is 12.9. The monoisotopic (exact) mass is 519 g/mol. The van der Waals surface area contributed by atoms with Crippen molar-refractivity contribution in [3.8, 4) is 0 Å². The van der Waals surface area contributed by atoms with Crippen molar-refractivity contribution in [1.29, 1.82) is 0 Å². The zero-order chi connectivity index (χ0) is 26.0. The Morgan fingerprint density at radius 1 is 0.946 bits per heavy atom. The quantitative estimate of drug-likeness (QED) is 0.485. The van der Waals surface area contributed by atoms with Gasteiger partial charge in [-0.25, -0.2) is 4.39 Å². The van der Waals surface area contributed by atoms with Gasteiger partial charge in [0, 0.05) is 45.3 Å². The molecular formula is C27H33F4N5O. The van der Waals surface area contributed by atoms with E-state index in [0.29, 0.717) is 32.7 Å². The van der Waals surface area contributed by atoms with E-state index in [1.807, 2.05) is 34.1 Å². The number of hydrogen-bond acceptors (Lipinski definition) is 5. The Bertz CT molecular complexity index is 1060. The molecular weight excluding hydrogens is 486 g/mol. The lowest BCUT2D eigenvalue weighted by Gasteiger charge is -2.42. The maximum absolute atomic E-state index is 15.7. The third-order valence-electron chi connectivity index (χ3n) is 7.62. The smallest absolute Gasteiger partial charge is 0.338 e. The predicted molar refractivity (Wildman–Crippen MR) is 132 cm³/mol. The summed E-state index contributed by atoms with van der Waals surface area (Å²) >= 11 is 0. The number of carbonyl (C=O) groups is 1. The lowest BCUT2D eigenvalue weighted by molar-refractivity contribution is -0.137. The van der Waals surface area contributed by atoms with Crippen molar-refractivity contribution in [3.63, 3.8) is 0 Å². The van der Waals surface area contributed by atoms with Crippen molar-refractivity contribution >= 4 is 5.91 Å². The topological polar surface area (TPSA) is 59.6 Å². The van der Waals surface area contributed by atoms with Crippen molar-refractivity contribution in [2.75, 3.05) is 19.8 Å². The third-order valence-corrected chi connectivity index (χ3v) is 7.62. The van der Waals surface area contributed by atoms with Gasteiger partial charge < -0.3 is 4.90 Å². The molecule has 0 aromatic heterocycles. The van der Waals surface area contributed by atoms with Crippen LogP contribution < -0.4 is 16.0 Å². The van der Waals surface area contributed by atoms with Crippen molar-refractivity contribution in [1.82, 2.24) is 25.8 Å². The second kappa shape index (κ2) is 11.1. The maximum atomic E-state index is 15.7.